The first-order chi connectivity index (χ1) is 11.2. The monoisotopic (exact) mass is 374 g/mol. The fraction of sp³-hybridized carbons (Fsp3) is 0.250. The molecule has 0 fully saturated rings. The third-order valence-electron chi connectivity index (χ3n) is 4.34. The van der Waals surface area contributed by atoms with Gasteiger partial charge in [-0.25, -0.2) is 0 Å². The number of hydrogen-bond acceptors (Lipinski definition) is 3. The largest absolute Gasteiger partial charge is 0.390 e. The highest BCUT2D eigenvalue weighted by Crippen LogP contribution is 2.29. The van der Waals surface area contributed by atoms with Gasteiger partial charge in [0.15, 0.2) is 0 Å². The predicted octanol–water partition coefficient (Wildman–Crippen LogP) is 2.34. The van der Waals surface area contributed by atoms with E-state index in [1.54, 1.807) is 11.1 Å². The fourth-order valence-corrected chi connectivity index (χ4v) is 3.72. The molecule has 0 bridgehead atoms. The van der Waals surface area contributed by atoms with Crippen LogP contribution >= 0.6 is 15.9 Å². The molecule has 3 aromatic rings. The van der Waals surface area contributed by atoms with Gasteiger partial charge in [-0.2, -0.15) is 5.10 Å². The summed E-state index contributed by atoms with van der Waals surface area (Å²) in [5.74, 6) is -0.0149. The first-order valence-electron chi connectivity index (χ1n) is 7.39. The van der Waals surface area contributed by atoms with E-state index in [0.717, 1.165) is 33.1 Å². The second-order valence-corrected chi connectivity index (χ2v) is 6.48. The highest BCUT2D eigenvalue weighted by Gasteiger charge is 2.27. The first kappa shape index (κ1) is 14.5. The molecule has 0 aliphatic carbocycles. The second kappa shape index (κ2) is 5.50. The van der Waals surface area contributed by atoms with Gasteiger partial charge in [0.05, 0.1) is 17.9 Å². The van der Waals surface area contributed by atoms with Gasteiger partial charge in [-0.1, -0.05) is 22.0 Å². The minimum Gasteiger partial charge on any atom is -0.390 e. The zero-order chi connectivity index (χ0) is 16.0. The molecule has 3 heterocycles. The number of halogens is 1. The van der Waals surface area contributed by atoms with Crippen molar-refractivity contribution in [3.05, 3.63) is 51.4 Å². The second-order valence-electron chi connectivity index (χ2n) is 5.63. The molecule has 0 atom stereocenters. The molecule has 23 heavy (non-hydrogen) atoms. The van der Waals surface area contributed by atoms with Crippen LogP contribution in [0.2, 0.25) is 0 Å². The number of nitrogens with zero attached hydrogens (tertiary/aromatic N) is 2. The van der Waals surface area contributed by atoms with Gasteiger partial charge in [0.25, 0.3) is 5.91 Å². The van der Waals surface area contributed by atoms with E-state index in [2.05, 4.69) is 31.1 Å². The van der Waals surface area contributed by atoms with Crippen molar-refractivity contribution in [2.45, 2.75) is 19.6 Å². The Morgan fingerprint density at radius 3 is 3.13 bits per heavy atom. The molecule has 0 saturated heterocycles. The smallest absolute Gasteiger partial charge is 0.256 e. The number of carbonyl (C=O) groups is 1. The average molecular weight is 375 g/mol. The lowest BCUT2D eigenvalue weighted by atomic mass is 10.0. The average Bonchev–Trinajstić information content (AvgIpc) is 3.18. The van der Waals surface area contributed by atoms with Crippen LogP contribution in [0.15, 0.2) is 28.9 Å². The lowest BCUT2D eigenvalue weighted by Crippen LogP contribution is -2.36. The minimum absolute atomic E-state index is 0.0149. The molecule has 1 aliphatic heterocycles. The normalized spacial score (nSPS) is 14.3. The number of aromatic nitrogens is 3. The van der Waals surface area contributed by atoms with Crippen molar-refractivity contribution in [3.8, 4) is 0 Å². The first-order valence-corrected chi connectivity index (χ1v) is 8.19. The Kier molecular flexibility index (Phi) is 3.46. The topological polar surface area (TPSA) is 85.0 Å². The number of rotatable bonds is 2. The Balaban J connectivity index is 1.70. The highest BCUT2D eigenvalue weighted by molar-refractivity contribution is 9.10. The zero-order valence-electron chi connectivity index (χ0n) is 12.3. The molecule has 0 unspecified atom stereocenters. The minimum atomic E-state index is -0.119. The number of H-pyrrole nitrogens is 2. The Morgan fingerprint density at radius 1 is 1.43 bits per heavy atom. The van der Waals surface area contributed by atoms with Gasteiger partial charge in [0.2, 0.25) is 0 Å². The van der Waals surface area contributed by atoms with Crippen molar-refractivity contribution >= 4 is 32.7 Å². The summed E-state index contributed by atoms with van der Waals surface area (Å²) in [6.07, 6.45) is 2.48. The third-order valence-corrected chi connectivity index (χ3v) is 5.00. The Morgan fingerprint density at radius 2 is 2.30 bits per heavy atom. The molecule has 7 heteroatoms. The maximum Gasteiger partial charge on any atom is 0.256 e. The summed E-state index contributed by atoms with van der Waals surface area (Å²) in [5, 5.41) is 17.3. The molecule has 0 saturated carbocycles. The SMILES string of the molecule is O=C(c1c[nH]c2cccc(Br)c12)N1CCc2[nH]nc(CO)c2C1. The van der Waals surface area contributed by atoms with Crippen molar-refractivity contribution in [1.82, 2.24) is 20.1 Å². The number of aliphatic hydroxyl groups is 1. The molecule has 6 nitrogen and oxygen atoms in total. The van der Waals surface area contributed by atoms with Crippen LogP contribution in [-0.2, 0) is 19.6 Å². The lowest BCUT2D eigenvalue weighted by molar-refractivity contribution is 0.0735. The molecule has 1 aliphatic rings. The van der Waals surface area contributed by atoms with E-state index in [-0.39, 0.29) is 12.5 Å². The lowest BCUT2D eigenvalue weighted by Gasteiger charge is -2.27. The van der Waals surface area contributed by atoms with Crippen LogP contribution in [0.1, 0.15) is 27.3 Å². The molecule has 3 N–H and O–H groups in total. The number of benzene rings is 1. The van der Waals surface area contributed by atoms with Crippen LogP contribution in [-0.4, -0.2) is 37.6 Å². The number of amides is 1. The van der Waals surface area contributed by atoms with Gasteiger partial charge < -0.3 is 15.0 Å². The van der Waals surface area contributed by atoms with Gasteiger partial charge in [-0.3, -0.25) is 9.89 Å². The number of carbonyl (C=O) groups excluding carboxylic acids is 1. The van der Waals surface area contributed by atoms with Crippen LogP contribution in [0.4, 0.5) is 0 Å². The van der Waals surface area contributed by atoms with E-state index in [1.807, 2.05) is 18.2 Å². The summed E-state index contributed by atoms with van der Waals surface area (Å²) in [6.45, 7) is 0.986. The summed E-state index contributed by atoms with van der Waals surface area (Å²) in [5.41, 5.74) is 4.16. The van der Waals surface area contributed by atoms with Crippen molar-refractivity contribution in [2.24, 2.45) is 0 Å². The standard InChI is InChI=1S/C16H15BrN4O2/c17-11-2-1-3-13-15(11)9(6-18-13)16(23)21-5-4-12-10(7-21)14(8-22)20-19-12/h1-3,6,18,22H,4-5,7-8H2,(H,19,20). The molecule has 4 rings (SSSR count). The quantitative estimate of drug-likeness (QED) is 0.643. The molecule has 0 radical (unpaired) electrons. The Bertz CT molecular complexity index is 885. The van der Waals surface area contributed by atoms with Gasteiger partial charge in [-0.05, 0) is 12.1 Å². The van der Waals surface area contributed by atoms with E-state index in [4.69, 9.17) is 0 Å². The van der Waals surface area contributed by atoms with Gasteiger partial charge >= 0.3 is 0 Å². The Hall–Kier alpha value is -2.12. The number of aromatic amines is 2. The predicted molar refractivity (Wildman–Crippen MR) is 89.0 cm³/mol. The molecule has 2 aromatic heterocycles. The van der Waals surface area contributed by atoms with E-state index < -0.39 is 0 Å². The fourth-order valence-electron chi connectivity index (χ4n) is 3.14. The maximum atomic E-state index is 13.0. The third kappa shape index (κ3) is 2.27. The van der Waals surface area contributed by atoms with Crippen molar-refractivity contribution in [2.75, 3.05) is 6.54 Å². The molecule has 0 spiro atoms. The number of aliphatic hydroxyl groups excluding tert-OH is 1. The summed E-state index contributed by atoms with van der Waals surface area (Å²) < 4.78 is 0.900. The number of fused-ring (bicyclic) bond motifs is 2. The van der Waals surface area contributed by atoms with Gasteiger partial charge in [0, 0.05) is 52.3 Å². The molecular formula is C16H15BrN4O2. The van der Waals surface area contributed by atoms with E-state index in [0.29, 0.717) is 24.3 Å². The van der Waals surface area contributed by atoms with Crippen LogP contribution < -0.4 is 0 Å². The summed E-state index contributed by atoms with van der Waals surface area (Å²) in [7, 11) is 0. The number of nitrogens with one attached hydrogen (secondary N) is 2. The summed E-state index contributed by atoms with van der Waals surface area (Å²) in [4.78, 5) is 17.9. The van der Waals surface area contributed by atoms with Crippen LogP contribution in [0.3, 0.4) is 0 Å². The Labute approximate surface area is 140 Å². The van der Waals surface area contributed by atoms with Crippen LogP contribution in [0, 0.1) is 0 Å². The van der Waals surface area contributed by atoms with Crippen molar-refractivity contribution < 1.29 is 9.90 Å². The van der Waals surface area contributed by atoms with E-state index in [1.165, 1.54) is 0 Å². The van der Waals surface area contributed by atoms with Crippen LogP contribution in [0.5, 0.6) is 0 Å². The molecular weight excluding hydrogens is 360 g/mol. The van der Waals surface area contributed by atoms with Crippen LogP contribution in [0.25, 0.3) is 10.9 Å². The maximum absolute atomic E-state index is 13.0. The molecule has 1 aromatic carbocycles. The van der Waals surface area contributed by atoms with Gasteiger partial charge in [0.1, 0.15) is 0 Å². The van der Waals surface area contributed by atoms with E-state index >= 15 is 0 Å². The van der Waals surface area contributed by atoms with E-state index in [9.17, 15) is 9.90 Å². The molecule has 1 amide bonds. The molecule has 118 valence electrons. The summed E-state index contributed by atoms with van der Waals surface area (Å²) in [6, 6.07) is 5.82. The highest BCUT2D eigenvalue weighted by atomic mass is 79.9. The zero-order valence-corrected chi connectivity index (χ0v) is 13.9. The van der Waals surface area contributed by atoms with Crippen molar-refractivity contribution in [1.29, 1.82) is 0 Å². The van der Waals surface area contributed by atoms with Crippen molar-refractivity contribution in [3.63, 3.8) is 0 Å². The summed E-state index contributed by atoms with van der Waals surface area (Å²) >= 11 is 3.52. The van der Waals surface area contributed by atoms with Gasteiger partial charge in [-0.15, -0.1) is 0 Å². The number of hydrogen-bond donors (Lipinski definition) is 3.